The summed E-state index contributed by atoms with van der Waals surface area (Å²) in [5.41, 5.74) is 2.88. The average molecular weight is 310 g/mol. The molecule has 0 atom stereocenters. The molecule has 2 aromatic carbocycles. The standard InChI is InChI=1S/C20H22O3/c1-5-17(21)15-11-7-9-13(3)19(15)23-20-14(4)10-8-12-16(20)18(22)6-2/h7-12H,5-6H2,1-4H3. The third-order valence-electron chi connectivity index (χ3n) is 3.87. The molecule has 23 heavy (non-hydrogen) atoms. The molecular formula is C20H22O3. The Morgan fingerprint density at radius 2 is 1.17 bits per heavy atom. The van der Waals surface area contributed by atoms with Crippen LogP contribution in [0.3, 0.4) is 0 Å². The van der Waals surface area contributed by atoms with Crippen molar-refractivity contribution in [3.63, 3.8) is 0 Å². The molecule has 0 spiro atoms. The van der Waals surface area contributed by atoms with E-state index in [4.69, 9.17) is 4.74 Å². The molecule has 2 rings (SSSR count). The number of aryl methyl sites for hydroxylation is 2. The summed E-state index contributed by atoms with van der Waals surface area (Å²) in [6.07, 6.45) is 0.822. The molecule has 0 aliphatic carbocycles. The van der Waals surface area contributed by atoms with Crippen LogP contribution >= 0.6 is 0 Å². The van der Waals surface area contributed by atoms with Crippen LogP contribution in [-0.4, -0.2) is 11.6 Å². The minimum Gasteiger partial charge on any atom is -0.455 e. The van der Waals surface area contributed by atoms with Crippen LogP contribution in [0.4, 0.5) is 0 Å². The second kappa shape index (κ2) is 7.23. The number of ketones is 2. The lowest BCUT2D eigenvalue weighted by Crippen LogP contribution is -2.06. The molecule has 3 heteroatoms. The molecule has 0 unspecified atom stereocenters. The van der Waals surface area contributed by atoms with Gasteiger partial charge >= 0.3 is 0 Å². The Bertz CT molecular complexity index is 681. The van der Waals surface area contributed by atoms with Crippen molar-refractivity contribution in [3.8, 4) is 11.5 Å². The number of benzene rings is 2. The van der Waals surface area contributed by atoms with E-state index < -0.39 is 0 Å². The van der Waals surface area contributed by atoms with Crippen molar-refractivity contribution >= 4 is 11.6 Å². The summed E-state index contributed by atoms with van der Waals surface area (Å²) >= 11 is 0. The molecule has 0 N–H and O–H groups in total. The van der Waals surface area contributed by atoms with Crippen molar-refractivity contribution in [3.05, 3.63) is 58.7 Å². The Morgan fingerprint density at radius 3 is 1.52 bits per heavy atom. The zero-order chi connectivity index (χ0) is 17.0. The Labute approximate surface area is 137 Å². The first kappa shape index (κ1) is 16.9. The summed E-state index contributed by atoms with van der Waals surface area (Å²) in [6.45, 7) is 7.46. The van der Waals surface area contributed by atoms with Gasteiger partial charge in [0.2, 0.25) is 0 Å². The van der Waals surface area contributed by atoms with Crippen LogP contribution < -0.4 is 4.74 Å². The highest BCUT2D eigenvalue weighted by molar-refractivity contribution is 6.00. The van der Waals surface area contributed by atoms with Crippen LogP contribution in [0.1, 0.15) is 58.5 Å². The predicted octanol–water partition coefficient (Wildman–Crippen LogP) is 5.28. The maximum Gasteiger partial charge on any atom is 0.166 e. The highest BCUT2D eigenvalue weighted by Crippen LogP contribution is 2.34. The molecule has 0 amide bonds. The van der Waals surface area contributed by atoms with Crippen molar-refractivity contribution in [1.82, 2.24) is 0 Å². The smallest absolute Gasteiger partial charge is 0.166 e. The highest BCUT2D eigenvalue weighted by Gasteiger charge is 2.18. The van der Waals surface area contributed by atoms with Crippen molar-refractivity contribution in [2.45, 2.75) is 40.5 Å². The van der Waals surface area contributed by atoms with Crippen LogP contribution in [0.5, 0.6) is 11.5 Å². The molecule has 0 saturated carbocycles. The lowest BCUT2D eigenvalue weighted by molar-refractivity contribution is 0.0981. The number of hydrogen-bond donors (Lipinski definition) is 0. The molecule has 2 aromatic rings. The SMILES string of the molecule is CCC(=O)c1cccc(C)c1Oc1c(C)cccc1C(=O)CC. The topological polar surface area (TPSA) is 43.4 Å². The fraction of sp³-hybridized carbons (Fsp3) is 0.300. The molecule has 0 heterocycles. The van der Waals surface area contributed by atoms with Gasteiger partial charge in [0.25, 0.3) is 0 Å². The molecule has 0 fully saturated rings. The maximum absolute atomic E-state index is 12.2. The minimum absolute atomic E-state index is 0.0284. The average Bonchev–Trinajstić information content (AvgIpc) is 2.56. The van der Waals surface area contributed by atoms with Crippen LogP contribution in [0.25, 0.3) is 0 Å². The number of carbonyl (C=O) groups excluding carboxylic acids is 2. The van der Waals surface area contributed by atoms with E-state index in [2.05, 4.69) is 0 Å². The molecule has 0 bridgehead atoms. The molecule has 0 radical (unpaired) electrons. The van der Waals surface area contributed by atoms with E-state index in [0.717, 1.165) is 11.1 Å². The summed E-state index contributed by atoms with van der Waals surface area (Å²) in [7, 11) is 0. The Hall–Kier alpha value is -2.42. The third kappa shape index (κ3) is 3.50. The summed E-state index contributed by atoms with van der Waals surface area (Å²) in [4.78, 5) is 24.4. The summed E-state index contributed by atoms with van der Waals surface area (Å²) in [5.74, 6) is 1.14. The van der Waals surface area contributed by atoms with Crippen LogP contribution in [-0.2, 0) is 0 Å². The molecule has 0 saturated heterocycles. The lowest BCUT2D eigenvalue weighted by atomic mass is 10.0. The van der Waals surface area contributed by atoms with Gasteiger partial charge in [-0.2, -0.15) is 0 Å². The van der Waals surface area contributed by atoms with E-state index in [-0.39, 0.29) is 11.6 Å². The quantitative estimate of drug-likeness (QED) is 0.682. The van der Waals surface area contributed by atoms with Gasteiger partial charge in [0.15, 0.2) is 11.6 Å². The first-order valence-electron chi connectivity index (χ1n) is 7.93. The van der Waals surface area contributed by atoms with E-state index >= 15 is 0 Å². The summed E-state index contributed by atoms with van der Waals surface area (Å²) in [6, 6.07) is 11.0. The molecular weight excluding hydrogens is 288 g/mol. The van der Waals surface area contributed by atoms with Crippen molar-refractivity contribution in [2.75, 3.05) is 0 Å². The fourth-order valence-electron chi connectivity index (χ4n) is 2.50. The van der Waals surface area contributed by atoms with Crippen LogP contribution in [0.15, 0.2) is 36.4 Å². The zero-order valence-corrected chi connectivity index (χ0v) is 14.1. The lowest BCUT2D eigenvalue weighted by Gasteiger charge is -2.17. The number of para-hydroxylation sites is 2. The van der Waals surface area contributed by atoms with Gasteiger partial charge in [-0.1, -0.05) is 38.1 Å². The molecule has 0 aromatic heterocycles. The second-order valence-corrected chi connectivity index (χ2v) is 5.56. The maximum atomic E-state index is 12.2. The van der Waals surface area contributed by atoms with E-state index in [1.807, 2.05) is 52.0 Å². The van der Waals surface area contributed by atoms with Gasteiger partial charge in [-0.15, -0.1) is 0 Å². The predicted molar refractivity (Wildman–Crippen MR) is 91.7 cm³/mol. The first-order chi connectivity index (χ1) is 11.0. The van der Waals surface area contributed by atoms with Crippen molar-refractivity contribution in [1.29, 1.82) is 0 Å². The van der Waals surface area contributed by atoms with Gasteiger partial charge < -0.3 is 4.74 Å². The summed E-state index contributed by atoms with van der Waals surface area (Å²) < 4.78 is 6.11. The Morgan fingerprint density at radius 1 is 0.783 bits per heavy atom. The fourth-order valence-corrected chi connectivity index (χ4v) is 2.50. The first-order valence-corrected chi connectivity index (χ1v) is 7.93. The van der Waals surface area contributed by atoms with Gasteiger partial charge in [-0.25, -0.2) is 0 Å². The molecule has 0 aliphatic rings. The Kier molecular flexibility index (Phi) is 5.32. The number of hydrogen-bond acceptors (Lipinski definition) is 3. The minimum atomic E-state index is 0.0284. The third-order valence-corrected chi connectivity index (χ3v) is 3.87. The molecule has 120 valence electrons. The number of ether oxygens (including phenoxy) is 1. The van der Waals surface area contributed by atoms with E-state index in [1.54, 1.807) is 12.1 Å². The number of carbonyl (C=O) groups is 2. The van der Waals surface area contributed by atoms with Gasteiger partial charge in [-0.05, 0) is 37.1 Å². The monoisotopic (exact) mass is 310 g/mol. The van der Waals surface area contributed by atoms with E-state index in [0.29, 0.717) is 35.5 Å². The number of rotatable bonds is 6. The van der Waals surface area contributed by atoms with E-state index in [9.17, 15) is 9.59 Å². The molecule has 3 nitrogen and oxygen atoms in total. The van der Waals surface area contributed by atoms with E-state index in [1.165, 1.54) is 0 Å². The summed E-state index contributed by atoms with van der Waals surface area (Å²) in [5, 5.41) is 0. The van der Waals surface area contributed by atoms with Gasteiger partial charge in [-0.3, -0.25) is 9.59 Å². The van der Waals surface area contributed by atoms with Crippen molar-refractivity contribution < 1.29 is 14.3 Å². The van der Waals surface area contributed by atoms with Crippen LogP contribution in [0.2, 0.25) is 0 Å². The molecule has 0 aliphatic heterocycles. The largest absolute Gasteiger partial charge is 0.455 e. The van der Waals surface area contributed by atoms with Gasteiger partial charge in [0.1, 0.15) is 11.5 Å². The Balaban J connectivity index is 2.57. The van der Waals surface area contributed by atoms with Gasteiger partial charge in [0, 0.05) is 12.8 Å². The number of Topliss-reactive ketones (excluding diaryl/α,β-unsaturated/α-hetero) is 2. The van der Waals surface area contributed by atoms with Crippen LogP contribution in [0, 0.1) is 13.8 Å². The second-order valence-electron chi connectivity index (χ2n) is 5.56. The normalized spacial score (nSPS) is 10.4. The zero-order valence-electron chi connectivity index (χ0n) is 14.1. The van der Waals surface area contributed by atoms with Gasteiger partial charge in [0.05, 0.1) is 11.1 Å². The highest BCUT2D eigenvalue weighted by atomic mass is 16.5. The van der Waals surface area contributed by atoms with Crippen molar-refractivity contribution in [2.24, 2.45) is 0 Å².